The van der Waals surface area contributed by atoms with Crippen LogP contribution in [-0.4, -0.2) is 34.4 Å². The lowest BCUT2D eigenvalue weighted by atomic mass is 9.94. The predicted molar refractivity (Wildman–Crippen MR) is 139 cm³/mol. The van der Waals surface area contributed by atoms with E-state index in [1.807, 2.05) is 50.2 Å². The van der Waals surface area contributed by atoms with Crippen LogP contribution < -0.4 is 20.1 Å². The van der Waals surface area contributed by atoms with Crippen molar-refractivity contribution in [2.75, 3.05) is 24.4 Å². The summed E-state index contributed by atoms with van der Waals surface area (Å²) in [6, 6.07) is 20.1. The number of fused-ring (bicyclic) bond motifs is 1. The van der Waals surface area contributed by atoms with Crippen molar-refractivity contribution in [2.45, 2.75) is 19.9 Å². The molecule has 4 aromatic rings. The third-order valence-electron chi connectivity index (χ3n) is 6.07. The van der Waals surface area contributed by atoms with Crippen LogP contribution in [0.5, 0.6) is 11.5 Å². The van der Waals surface area contributed by atoms with Crippen molar-refractivity contribution in [1.29, 1.82) is 0 Å². The van der Waals surface area contributed by atoms with E-state index in [-0.39, 0.29) is 11.7 Å². The summed E-state index contributed by atoms with van der Waals surface area (Å²) in [5, 5.41) is 10.9. The molecule has 9 heteroatoms. The minimum absolute atomic E-state index is 0.324. The second-order valence-corrected chi connectivity index (χ2v) is 8.40. The third-order valence-corrected chi connectivity index (χ3v) is 6.07. The number of amides is 1. The number of hydrogen-bond donors (Lipinski definition) is 2. The van der Waals surface area contributed by atoms with Gasteiger partial charge in [0.1, 0.15) is 23.4 Å². The number of rotatable bonds is 7. The van der Waals surface area contributed by atoms with Gasteiger partial charge in [-0.25, -0.2) is 9.07 Å². The van der Waals surface area contributed by atoms with Gasteiger partial charge in [0.25, 0.3) is 5.91 Å². The number of nitrogens with zero attached hydrogens (tertiary/aromatic N) is 3. The van der Waals surface area contributed by atoms with Gasteiger partial charge in [0.2, 0.25) is 5.95 Å². The number of hydrogen-bond acceptors (Lipinski definition) is 6. The van der Waals surface area contributed by atoms with Gasteiger partial charge >= 0.3 is 0 Å². The summed E-state index contributed by atoms with van der Waals surface area (Å²) < 4.78 is 26.5. The van der Waals surface area contributed by atoms with E-state index in [1.54, 1.807) is 36.1 Å². The minimum atomic E-state index is -0.643. The van der Waals surface area contributed by atoms with Gasteiger partial charge in [0.05, 0.1) is 25.0 Å². The Morgan fingerprint density at radius 2 is 1.76 bits per heavy atom. The fourth-order valence-corrected chi connectivity index (χ4v) is 4.38. The molecule has 0 saturated heterocycles. The molecule has 0 fully saturated rings. The Kier molecular flexibility index (Phi) is 6.59. The maximum absolute atomic E-state index is 13.8. The predicted octanol–water partition coefficient (Wildman–Crippen LogP) is 5.42. The monoisotopic (exact) mass is 499 g/mol. The lowest BCUT2D eigenvalue weighted by Gasteiger charge is -2.29. The number of benzene rings is 3. The summed E-state index contributed by atoms with van der Waals surface area (Å²) in [6.07, 6.45) is 0. The smallest absolute Gasteiger partial charge is 0.255 e. The van der Waals surface area contributed by atoms with Crippen LogP contribution in [0.2, 0.25) is 0 Å². The van der Waals surface area contributed by atoms with Crippen molar-refractivity contribution >= 4 is 17.5 Å². The molecule has 1 aromatic heterocycles. The normalized spacial score (nSPS) is 14.5. The van der Waals surface area contributed by atoms with Crippen LogP contribution >= 0.6 is 0 Å². The first kappa shape index (κ1) is 24.1. The Balaban J connectivity index is 1.63. The molecule has 2 heterocycles. The van der Waals surface area contributed by atoms with Gasteiger partial charge in [-0.2, -0.15) is 4.98 Å². The van der Waals surface area contributed by atoms with Crippen molar-refractivity contribution < 1.29 is 18.7 Å². The summed E-state index contributed by atoms with van der Waals surface area (Å²) in [5.74, 6) is 1.38. The van der Waals surface area contributed by atoms with Crippen molar-refractivity contribution in [2.24, 2.45) is 0 Å². The van der Waals surface area contributed by atoms with E-state index in [1.165, 1.54) is 12.1 Å². The molecule has 37 heavy (non-hydrogen) atoms. The first-order valence-corrected chi connectivity index (χ1v) is 11.9. The number of halogens is 1. The highest BCUT2D eigenvalue weighted by Crippen LogP contribution is 2.40. The molecule has 0 aliphatic carbocycles. The largest absolute Gasteiger partial charge is 0.495 e. The van der Waals surface area contributed by atoms with Gasteiger partial charge in [-0.05, 0) is 56.3 Å². The molecule has 1 aliphatic heterocycles. The molecular formula is C28H26FN5O3. The number of carbonyl (C=O) groups is 1. The van der Waals surface area contributed by atoms with E-state index in [2.05, 4.69) is 15.6 Å². The Hall–Kier alpha value is -4.66. The molecule has 5 rings (SSSR count). The lowest BCUT2D eigenvalue weighted by molar-refractivity contribution is -0.113. The quantitative estimate of drug-likeness (QED) is 0.353. The number of ether oxygens (including phenoxy) is 2. The van der Waals surface area contributed by atoms with Crippen molar-refractivity contribution in [3.05, 3.63) is 95.4 Å². The SMILES string of the molecule is CCOc1ccccc1C1C(C(=O)Nc2ccccc2OC)=C(C)Nc2nc(-c3ccc(F)cc3)nn21. The van der Waals surface area contributed by atoms with E-state index in [9.17, 15) is 9.18 Å². The van der Waals surface area contributed by atoms with E-state index in [4.69, 9.17) is 14.6 Å². The molecule has 8 nitrogen and oxygen atoms in total. The van der Waals surface area contributed by atoms with Gasteiger partial charge in [-0.3, -0.25) is 4.79 Å². The van der Waals surface area contributed by atoms with Gasteiger partial charge < -0.3 is 20.1 Å². The molecule has 1 unspecified atom stereocenters. The summed E-state index contributed by atoms with van der Waals surface area (Å²) in [7, 11) is 1.55. The second kappa shape index (κ2) is 10.1. The van der Waals surface area contributed by atoms with Crippen LogP contribution in [0.1, 0.15) is 25.5 Å². The van der Waals surface area contributed by atoms with Crippen LogP contribution in [0, 0.1) is 5.82 Å². The van der Waals surface area contributed by atoms with E-state index < -0.39 is 6.04 Å². The lowest BCUT2D eigenvalue weighted by Crippen LogP contribution is -2.31. The van der Waals surface area contributed by atoms with Crippen LogP contribution in [0.3, 0.4) is 0 Å². The Morgan fingerprint density at radius 1 is 1.05 bits per heavy atom. The zero-order valence-electron chi connectivity index (χ0n) is 20.7. The highest BCUT2D eigenvalue weighted by atomic mass is 19.1. The maximum atomic E-state index is 13.8. The van der Waals surface area contributed by atoms with Crippen LogP contribution in [0.4, 0.5) is 16.0 Å². The van der Waals surface area contributed by atoms with Gasteiger partial charge in [0.15, 0.2) is 5.82 Å². The third kappa shape index (κ3) is 4.63. The molecule has 1 aliphatic rings. The minimum Gasteiger partial charge on any atom is -0.495 e. The van der Waals surface area contributed by atoms with Crippen molar-refractivity contribution in [1.82, 2.24) is 14.8 Å². The van der Waals surface area contributed by atoms with Gasteiger partial charge in [-0.15, -0.1) is 5.10 Å². The fourth-order valence-electron chi connectivity index (χ4n) is 4.38. The summed E-state index contributed by atoms with van der Waals surface area (Å²) in [6.45, 7) is 4.19. The van der Waals surface area contributed by atoms with Gasteiger partial charge in [0, 0.05) is 16.8 Å². The number of anilines is 2. The highest BCUT2D eigenvalue weighted by molar-refractivity contribution is 6.06. The molecule has 0 bridgehead atoms. The average Bonchev–Trinajstić information content (AvgIpc) is 3.32. The zero-order valence-corrected chi connectivity index (χ0v) is 20.7. The molecular weight excluding hydrogens is 473 g/mol. The number of carbonyl (C=O) groups excluding carboxylic acids is 1. The van der Waals surface area contributed by atoms with Gasteiger partial charge in [-0.1, -0.05) is 30.3 Å². The Bertz CT molecular complexity index is 1480. The molecule has 0 radical (unpaired) electrons. The Morgan fingerprint density at radius 3 is 2.49 bits per heavy atom. The first-order valence-electron chi connectivity index (χ1n) is 11.9. The Labute approximate surface area is 213 Å². The van der Waals surface area contributed by atoms with Crippen molar-refractivity contribution in [3.8, 4) is 22.9 Å². The number of methoxy groups -OCH3 is 1. The molecule has 188 valence electrons. The average molecular weight is 500 g/mol. The van der Waals surface area contributed by atoms with E-state index >= 15 is 0 Å². The van der Waals surface area contributed by atoms with E-state index in [0.29, 0.717) is 52.4 Å². The van der Waals surface area contributed by atoms with Crippen molar-refractivity contribution in [3.63, 3.8) is 0 Å². The molecule has 0 saturated carbocycles. The molecule has 2 N–H and O–H groups in total. The number of aromatic nitrogens is 3. The summed E-state index contributed by atoms with van der Waals surface area (Å²) >= 11 is 0. The maximum Gasteiger partial charge on any atom is 0.255 e. The summed E-state index contributed by atoms with van der Waals surface area (Å²) in [4.78, 5) is 18.5. The highest BCUT2D eigenvalue weighted by Gasteiger charge is 2.36. The first-order chi connectivity index (χ1) is 18.0. The number of para-hydroxylation sites is 3. The number of allylic oxidation sites excluding steroid dienone is 1. The van der Waals surface area contributed by atoms with E-state index in [0.717, 1.165) is 5.56 Å². The molecule has 1 amide bonds. The molecule has 0 spiro atoms. The topological polar surface area (TPSA) is 90.3 Å². The van der Waals surface area contributed by atoms with Crippen LogP contribution in [0.15, 0.2) is 84.1 Å². The zero-order chi connectivity index (χ0) is 25.9. The summed E-state index contributed by atoms with van der Waals surface area (Å²) in [5.41, 5.74) is 3.02. The standard InChI is InChI=1S/C28H26FN5O3/c1-4-37-22-11-7-5-9-20(22)25-24(27(35)31-21-10-6-8-12-23(21)36-3)17(2)30-28-32-26(33-34(25)28)18-13-15-19(29)16-14-18/h5-16,25H,4H2,1-3H3,(H,31,35)(H,30,32,33). The molecule has 1 atom stereocenters. The van der Waals surface area contributed by atoms with Crippen LogP contribution in [-0.2, 0) is 4.79 Å². The number of nitrogens with one attached hydrogen (secondary N) is 2. The molecule has 3 aromatic carbocycles. The fraction of sp³-hybridized carbons (Fsp3) is 0.179. The van der Waals surface area contributed by atoms with Crippen LogP contribution in [0.25, 0.3) is 11.4 Å². The second-order valence-electron chi connectivity index (χ2n) is 8.40.